The normalized spacial score (nSPS) is 16.6. The molecule has 1 aliphatic heterocycles. The fourth-order valence-electron chi connectivity index (χ4n) is 3.95. The molecular formula is C24H20N2O3. The Balaban J connectivity index is 1.30. The lowest BCUT2D eigenvalue weighted by Gasteiger charge is -2.16. The summed E-state index contributed by atoms with van der Waals surface area (Å²) in [7, 11) is 0. The van der Waals surface area contributed by atoms with E-state index in [0.717, 1.165) is 27.5 Å². The molecule has 0 unspecified atom stereocenters. The summed E-state index contributed by atoms with van der Waals surface area (Å²) >= 11 is 0. The Morgan fingerprint density at radius 3 is 2.59 bits per heavy atom. The first-order chi connectivity index (χ1) is 14.2. The van der Waals surface area contributed by atoms with Crippen LogP contribution in [0.5, 0.6) is 0 Å². The van der Waals surface area contributed by atoms with Crippen LogP contribution in [-0.2, 0) is 16.1 Å². The van der Waals surface area contributed by atoms with Gasteiger partial charge in [-0.05, 0) is 23.8 Å². The molecule has 0 spiro atoms. The number of rotatable bonds is 4. The van der Waals surface area contributed by atoms with Gasteiger partial charge in [0.05, 0.1) is 5.92 Å². The molecule has 2 heterocycles. The standard InChI is InChI=1S/C24H20N2O3/c27-23-12-17(15-26(23)14-16-6-2-1-3-7-16)24(28)25-18-10-11-20-19-8-4-5-9-21(19)29-22(20)13-18/h1-11,13,17H,12,14-15H2,(H,25,28)/t17-/m0/s1. The van der Waals surface area contributed by atoms with Crippen LogP contribution in [0.3, 0.4) is 0 Å². The molecule has 1 fully saturated rings. The van der Waals surface area contributed by atoms with Crippen molar-refractivity contribution >= 4 is 39.4 Å². The minimum Gasteiger partial charge on any atom is -0.456 e. The first-order valence-corrected chi connectivity index (χ1v) is 9.71. The highest BCUT2D eigenvalue weighted by Gasteiger charge is 2.34. The number of hydrogen-bond acceptors (Lipinski definition) is 3. The van der Waals surface area contributed by atoms with Crippen LogP contribution in [0.2, 0.25) is 0 Å². The molecule has 1 aromatic heterocycles. The molecule has 1 aliphatic rings. The van der Waals surface area contributed by atoms with E-state index in [4.69, 9.17) is 4.42 Å². The average molecular weight is 384 g/mol. The van der Waals surface area contributed by atoms with Gasteiger partial charge in [-0.3, -0.25) is 9.59 Å². The fourth-order valence-corrected chi connectivity index (χ4v) is 3.95. The van der Waals surface area contributed by atoms with Crippen molar-refractivity contribution in [2.24, 2.45) is 5.92 Å². The molecule has 1 N–H and O–H groups in total. The first kappa shape index (κ1) is 17.5. The van der Waals surface area contributed by atoms with Crippen molar-refractivity contribution in [3.63, 3.8) is 0 Å². The summed E-state index contributed by atoms with van der Waals surface area (Å²) in [6.07, 6.45) is 0.242. The van der Waals surface area contributed by atoms with Gasteiger partial charge in [0.1, 0.15) is 11.2 Å². The van der Waals surface area contributed by atoms with Crippen LogP contribution in [-0.4, -0.2) is 23.3 Å². The quantitative estimate of drug-likeness (QED) is 0.560. The van der Waals surface area contributed by atoms with Gasteiger partial charge in [0, 0.05) is 42.0 Å². The predicted molar refractivity (Wildman–Crippen MR) is 112 cm³/mol. The Labute approximate surface area is 167 Å². The zero-order chi connectivity index (χ0) is 19.8. The molecular weight excluding hydrogens is 364 g/mol. The van der Waals surface area contributed by atoms with Gasteiger partial charge in [0.2, 0.25) is 11.8 Å². The van der Waals surface area contributed by atoms with Crippen LogP contribution in [0.15, 0.2) is 77.2 Å². The third kappa shape index (κ3) is 3.36. The molecule has 5 heteroatoms. The van der Waals surface area contributed by atoms with E-state index in [0.29, 0.717) is 18.8 Å². The van der Waals surface area contributed by atoms with E-state index < -0.39 is 0 Å². The SMILES string of the molecule is O=C(Nc1ccc2c(c1)oc1ccccc12)[C@H]1CC(=O)N(Cc2ccccc2)C1. The summed E-state index contributed by atoms with van der Waals surface area (Å²) in [4.78, 5) is 26.8. The van der Waals surface area contributed by atoms with Gasteiger partial charge in [-0.2, -0.15) is 0 Å². The molecule has 2 amide bonds. The molecule has 0 aliphatic carbocycles. The van der Waals surface area contributed by atoms with Gasteiger partial charge in [-0.1, -0.05) is 48.5 Å². The molecule has 0 bridgehead atoms. The van der Waals surface area contributed by atoms with Crippen LogP contribution in [0.1, 0.15) is 12.0 Å². The Bertz CT molecular complexity index is 1210. The number of furan rings is 1. The lowest BCUT2D eigenvalue weighted by Crippen LogP contribution is -2.28. The van der Waals surface area contributed by atoms with Crippen molar-refractivity contribution in [1.29, 1.82) is 0 Å². The lowest BCUT2D eigenvalue weighted by atomic mass is 10.1. The van der Waals surface area contributed by atoms with Gasteiger partial charge in [0.25, 0.3) is 0 Å². The summed E-state index contributed by atoms with van der Waals surface area (Å²) in [5, 5.41) is 5.02. The zero-order valence-corrected chi connectivity index (χ0v) is 15.8. The van der Waals surface area contributed by atoms with Crippen molar-refractivity contribution in [3.05, 3.63) is 78.4 Å². The third-order valence-corrected chi connectivity index (χ3v) is 5.45. The minimum absolute atomic E-state index is 0.0155. The fraction of sp³-hybridized carbons (Fsp3) is 0.167. The largest absolute Gasteiger partial charge is 0.456 e. The highest BCUT2D eigenvalue weighted by molar-refractivity contribution is 6.06. The van der Waals surface area contributed by atoms with Crippen molar-refractivity contribution in [1.82, 2.24) is 4.90 Å². The molecule has 5 rings (SSSR count). The Kier molecular flexibility index (Phi) is 4.28. The number of likely N-dealkylation sites (tertiary alicyclic amines) is 1. The average Bonchev–Trinajstić information content (AvgIpc) is 3.29. The molecule has 29 heavy (non-hydrogen) atoms. The second-order valence-corrected chi connectivity index (χ2v) is 7.46. The summed E-state index contributed by atoms with van der Waals surface area (Å²) in [5.74, 6) is -0.469. The molecule has 1 atom stereocenters. The Hall–Kier alpha value is -3.60. The van der Waals surface area contributed by atoms with E-state index >= 15 is 0 Å². The number of para-hydroxylation sites is 1. The van der Waals surface area contributed by atoms with Gasteiger partial charge < -0.3 is 14.6 Å². The Morgan fingerprint density at radius 1 is 0.966 bits per heavy atom. The van der Waals surface area contributed by atoms with Crippen molar-refractivity contribution in [3.8, 4) is 0 Å². The first-order valence-electron chi connectivity index (χ1n) is 9.71. The van der Waals surface area contributed by atoms with Crippen molar-refractivity contribution in [2.75, 3.05) is 11.9 Å². The second kappa shape index (κ2) is 7.09. The number of nitrogens with zero attached hydrogens (tertiary/aromatic N) is 1. The second-order valence-electron chi connectivity index (χ2n) is 7.46. The van der Waals surface area contributed by atoms with Gasteiger partial charge in [0.15, 0.2) is 0 Å². The molecule has 144 valence electrons. The smallest absolute Gasteiger partial charge is 0.229 e. The highest BCUT2D eigenvalue weighted by atomic mass is 16.3. The van der Waals surface area contributed by atoms with E-state index in [-0.39, 0.29) is 24.2 Å². The monoisotopic (exact) mass is 384 g/mol. The van der Waals surface area contributed by atoms with Gasteiger partial charge in [-0.15, -0.1) is 0 Å². The number of benzene rings is 3. The van der Waals surface area contributed by atoms with Gasteiger partial charge >= 0.3 is 0 Å². The number of fused-ring (bicyclic) bond motifs is 3. The predicted octanol–water partition coefficient (Wildman–Crippen LogP) is 4.57. The topological polar surface area (TPSA) is 62.6 Å². The number of carbonyl (C=O) groups excluding carboxylic acids is 2. The molecule has 3 aromatic carbocycles. The number of anilines is 1. The van der Waals surface area contributed by atoms with Crippen LogP contribution in [0.25, 0.3) is 21.9 Å². The van der Waals surface area contributed by atoms with E-state index in [2.05, 4.69) is 5.32 Å². The maximum Gasteiger partial charge on any atom is 0.229 e. The zero-order valence-electron chi connectivity index (χ0n) is 15.8. The minimum atomic E-state index is -0.349. The number of carbonyl (C=O) groups is 2. The van der Waals surface area contributed by atoms with Crippen molar-refractivity contribution in [2.45, 2.75) is 13.0 Å². The number of hydrogen-bond donors (Lipinski definition) is 1. The van der Waals surface area contributed by atoms with E-state index in [9.17, 15) is 9.59 Å². The summed E-state index contributed by atoms with van der Waals surface area (Å²) in [6.45, 7) is 0.973. The van der Waals surface area contributed by atoms with Crippen LogP contribution >= 0.6 is 0 Å². The molecule has 4 aromatic rings. The van der Waals surface area contributed by atoms with E-state index in [1.54, 1.807) is 4.90 Å². The van der Waals surface area contributed by atoms with E-state index in [1.165, 1.54) is 0 Å². The maximum absolute atomic E-state index is 12.7. The summed E-state index contributed by atoms with van der Waals surface area (Å²) in [6, 6.07) is 23.4. The number of amides is 2. The van der Waals surface area contributed by atoms with Crippen molar-refractivity contribution < 1.29 is 14.0 Å². The third-order valence-electron chi connectivity index (χ3n) is 5.45. The summed E-state index contributed by atoms with van der Waals surface area (Å²) in [5.41, 5.74) is 3.30. The lowest BCUT2D eigenvalue weighted by molar-refractivity contribution is -0.128. The Morgan fingerprint density at radius 2 is 1.72 bits per heavy atom. The van der Waals surface area contributed by atoms with Gasteiger partial charge in [-0.25, -0.2) is 0 Å². The molecule has 0 saturated carbocycles. The summed E-state index contributed by atoms with van der Waals surface area (Å²) < 4.78 is 5.89. The number of nitrogens with one attached hydrogen (secondary N) is 1. The van der Waals surface area contributed by atoms with Crippen LogP contribution in [0.4, 0.5) is 5.69 Å². The van der Waals surface area contributed by atoms with Crippen LogP contribution in [0, 0.1) is 5.92 Å². The molecule has 5 nitrogen and oxygen atoms in total. The molecule has 1 saturated heterocycles. The van der Waals surface area contributed by atoms with Crippen LogP contribution < -0.4 is 5.32 Å². The maximum atomic E-state index is 12.7. The highest BCUT2D eigenvalue weighted by Crippen LogP contribution is 2.31. The van der Waals surface area contributed by atoms with E-state index in [1.807, 2.05) is 72.8 Å². The molecule has 0 radical (unpaired) electrons.